The van der Waals surface area contributed by atoms with Crippen molar-refractivity contribution >= 4 is 11.6 Å². The van der Waals surface area contributed by atoms with Crippen LogP contribution >= 0.6 is 0 Å². The average molecular weight is 401 g/mol. The standard InChI is InChI=1S/C19H23F4N3O2/c20-15-4-2-1-3-14(15)12-26(8-5-13-6-9-28-10-7-13)18(27)16(24)11-17(25)19(21,22)23/h1-4,11,13,25H,5-10,12,24H2/b16-11-,25-17?. The molecule has 2 rings (SSSR count). The van der Waals surface area contributed by atoms with Crippen LogP contribution in [0.25, 0.3) is 0 Å². The third kappa shape index (κ3) is 6.33. The van der Waals surface area contributed by atoms with Crippen LogP contribution in [-0.4, -0.2) is 42.5 Å². The molecule has 9 heteroatoms. The number of hydrogen-bond donors (Lipinski definition) is 2. The molecule has 1 aliphatic rings. The minimum atomic E-state index is -4.90. The van der Waals surface area contributed by atoms with Gasteiger partial charge in [0.05, 0.1) is 5.70 Å². The van der Waals surface area contributed by atoms with Gasteiger partial charge in [-0.15, -0.1) is 0 Å². The average Bonchev–Trinajstić information content (AvgIpc) is 2.66. The second-order valence-corrected chi connectivity index (χ2v) is 6.67. The molecule has 5 nitrogen and oxygen atoms in total. The number of nitrogens with two attached hydrogens (primary N) is 1. The van der Waals surface area contributed by atoms with Gasteiger partial charge in [-0.3, -0.25) is 10.2 Å². The van der Waals surface area contributed by atoms with Crippen molar-refractivity contribution in [2.24, 2.45) is 11.7 Å². The monoisotopic (exact) mass is 401 g/mol. The number of hydrogen-bond acceptors (Lipinski definition) is 4. The van der Waals surface area contributed by atoms with Crippen LogP contribution in [0.3, 0.4) is 0 Å². The minimum Gasteiger partial charge on any atom is -0.394 e. The van der Waals surface area contributed by atoms with Gasteiger partial charge in [-0.2, -0.15) is 13.2 Å². The molecular formula is C19H23F4N3O2. The van der Waals surface area contributed by atoms with Gasteiger partial charge < -0.3 is 15.4 Å². The van der Waals surface area contributed by atoms with Crippen molar-refractivity contribution in [2.75, 3.05) is 19.8 Å². The van der Waals surface area contributed by atoms with Crippen molar-refractivity contribution in [2.45, 2.75) is 32.0 Å². The van der Waals surface area contributed by atoms with Crippen LogP contribution in [0.4, 0.5) is 17.6 Å². The van der Waals surface area contributed by atoms with E-state index in [0.717, 1.165) is 12.8 Å². The first-order valence-electron chi connectivity index (χ1n) is 8.92. The van der Waals surface area contributed by atoms with Crippen LogP contribution < -0.4 is 5.73 Å². The number of allylic oxidation sites excluding steroid dienone is 1. The lowest BCUT2D eigenvalue weighted by Crippen LogP contribution is -2.37. The third-order valence-corrected chi connectivity index (χ3v) is 4.61. The summed E-state index contributed by atoms with van der Waals surface area (Å²) in [5.41, 5.74) is 3.35. The third-order valence-electron chi connectivity index (χ3n) is 4.61. The molecule has 1 heterocycles. The maximum absolute atomic E-state index is 14.0. The number of carbonyl (C=O) groups is 1. The van der Waals surface area contributed by atoms with Gasteiger partial charge in [-0.1, -0.05) is 18.2 Å². The van der Waals surface area contributed by atoms with Gasteiger partial charge in [0.2, 0.25) is 0 Å². The summed E-state index contributed by atoms with van der Waals surface area (Å²) in [6, 6.07) is 5.86. The number of halogens is 4. The molecule has 0 aliphatic carbocycles. The van der Waals surface area contributed by atoms with E-state index in [1.165, 1.54) is 23.1 Å². The molecule has 1 fully saturated rings. The zero-order valence-electron chi connectivity index (χ0n) is 15.3. The quantitative estimate of drug-likeness (QED) is 0.418. The summed E-state index contributed by atoms with van der Waals surface area (Å²) in [5, 5.41) is 7.00. The lowest BCUT2D eigenvalue weighted by Gasteiger charge is -2.27. The lowest BCUT2D eigenvalue weighted by molar-refractivity contribution is -0.128. The number of alkyl halides is 3. The Kier molecular flexibility index (Phi) is 7.56. The normalized spacial score (nSPS) is 16.1. The van der Waals surface area contributed by atoms with Crippen molar-refractivity contribution < 1.29 is 27.1 Å². The summed E-state index contributed by atoms with van der Waals surface area (Å²) in [5.74, 6) is -1.07. The van der Waals surface area contributed by atoms with Crippen LogP contribution in [0.1, 0.15) is 24.8 Å². The smallest absolute Gasteiger partial charge is 0.394 e. The molecule has 1 aromatic carbocycles. The van der Waals surface area contributed by atoms with Gasteiger partial charge in [-0.05, 0) is 37.3 Å². The van der Waals surface area contributed by atoms with Gasteiger partial charge in [-0.25, -0.2) is 4.39 Å². The summed E-state index contributed by atoms with van der Waals surface area (Å²) < 4.78 is 56.9. The topological polar surface area (TPSA) is 79.4 Å². The summed E-state index contributed by atoms with van der Waals surface area (Å²) in [6.07, 6.45) is -2.35. The molecule has 0 radical (unpaired) electrons. The highest BCUT2D eigenvalue weighted by molar-refractivity contribution is 6.04. The largest absolute Gasteiger partial charge is 0.432 e. The van der Waals surface area contributed by atoms with Crippen LogP contribution in [0.5, 0.6) is 0 Å². The fourth-order valence-electron chi connectivity index (χ4n) is 2.94. The van der Waals surface area contributed by atoms with E-state index < -0.39 is 29.3 Å². The van der Waals surface area contributed by atoms with E-state index >= 15 is 0 Å². The molecule has 0 saturated carbocycles. The Morgan fingerprint density at radius 2 is 1.93 bits per heavy atom. The molecule has 0 unspecified atom stereocenters. The number of amides is 1. The Labute approximate surface area is 160 Å². The van der Waals surface area contributed by atoms with E-state index in [1.807, 2.05) is 0 Å². The van der Waals surface area contributed by atoms with Crippen molar-refractivity contribution in [1.29, 1.82) is 5.41 Å². The number of rotatable bonds is 7. The lowest BCUT2D eigenvalue weighted by atomic mass is 9.96. The Hall–Kier alpha value is -2.42. The highest BCUT2D eigenvalue weighted by Gasteiger charge is 2.33. The second-order valence-electron chi connectivity index (χ2n) is 6.67. The molecular weight excluding hydrogens is 378 g/mol. The fraction of sp³-hybridized carbons (Fsp3) is 0.474. The molecule has 1 saturated heterocycles. The molecule has 1 amide bonds. The van der Waals surface area contributed by atoms with Crippen LogP contribution in [-0.2, 0) is 16.1 Å². The highest BCUT2D eigenvalue weighted by atomic mass is 19.4. The molecule has 0 bridgehead atoms. The molecule has 0 spiro atoms. The molecule has 154 valence electrons. The van der Waals surface area contributed by atoms with E-state index in [2.05, 4.69) is 0 Å². The first-order valence-corrected chi connectivity index (χ1v) is 8.92. The number of nitrogens with zero attached hydrogens (tertiary/aromatic N) is 1. The van der Waals surface area contributed by atoms with Crippen molar-refractivity contribution in [1.82, 2.24) is 4.90 Å². The van der Waals surface area contributed by atoms with Gasteiger partial charge >= 0.3 is 6.18 Å². The number of benzene rings is 1. The van der Waals surface area contributed by atoms with Crippen molar-refractivity contribution in [3.05, 3.63) is 47.4 Å². The summed E-state index contributed by atoms with van der Waals surface area (Å²) >= 11 is 0. The van der Waals surface area contributed by atoms with Crippen LogP contribution in [0.15, 0.2) is 36.0 Å². The van der Waals surface area contributed by atoms with E-state index in [4.69, 9.17) is 15.9 Å². The van der Waals surface area contributed by atoms with Gasteiger partial charge in [0, 0.05) is 31.9 Å². The SMILES string of the molecule is N=C(/C=C(\N)C(=O)N(CCC1CCOCC1)Cc1ccccc1F)C(F)(F)F. The Morgan fingerprint density at radius 1 is 1.29 bits per heavy atom. The molecule has 0 atom stereocenters. The highest BCUT2D eigenvalue weighted by Crippen LogP contribution is 2.21. The predicted molar refractivity (Wildman–Crippen MR) is 96.0 cm³/mol. The molecule has 3 N–H and O–H groups in total. The van der Waals surface area contributed by atoms with Crippen LogP contribution in [0.2, 0.25) is 0 Å². The van der Waals surface area contributed by atoms with E-state index in [-0.39, 0.29) is 18.7 Å². The Bertz CT molecular complexity index is 728. The van der Waals surface area contributed by atoms with Crippen molar-refractivity contribution in [3.8, 4) is 0 Å². The van der Waals surface area contributed by atoms with E-state index in [9.17, 15) is 22.4 Å². The van der Waals surface area contributed by atoms with Gasteiger partial charge in [0.25, 0.3) is 5.91 Å². The number of nitrogens with one attached hydrogen (secondary N) is 1. The molecule has 1 aliphatic heterocycles. The first-order chi connectivity index (χ1) is 13.2. The molecule has 28 heavy (non-hydrogen) atoms. The van der Waals surface area contributed by atoms with Gasteiger partial charge in [0.15, 0.2) is 0 Å². The Balaban J connectivity index is 2.15. The number of ether oxygens (including phenoxy) is 1. The van der Waals surface area contributed by atoms with Gasteiger partial charge in [0.1, 0.15) is 11.5 Å². The fourth-order valence-corrected chi connectivity index (χ4v) is 2.94. The maximum Gasteiger partial charge on any atom is 0.432 e. The molecule has 0 aromatic heterocycles. The summed E-state index contributed by atoms with van der Waals surface area (Å²) in [7, 11) is 0. The number of carbonyl (C=O) groups excluding carboxylic acids is 1. The Morgan fingerprint density at radius 3 is 2.54 bits per heavy atom. The second kappa shape index (κ2) is 9.68. The van der Waals surface area contributed by atoms with Crippen LogP contribution in [0, 0.1) is 17.1 Å². The zero-order chi connectivity index (χ0) is 20.7. The minimum absolute atomic E-state index is 0.122. The van der Waals surface area contributed by atoms with E-state index in [0.29, 0.717) is 31.6 Å². The zero-order valence-corrected chi connectivity index (χ0v) is 15.3. The van der Waals surface area contributed by atoms with Crippen molar-refractivity contribution in [3.63, 3.8) is 0 Å². The summed E-state index contributed by atoms with van der Waals surface area (Å²) in [4.78, 5) is 13.8. The molecule has 1 aromatic rings. The van der Waals surface area contributed by atoms with E-state index in [1.54, 1.807) is 6.07 Å². The predicted octanol–water partition coefficient (Wildman–Crippen LogP) is 3.40. The summed E-state index contributed by atoms with van der Waals surface area (Å²) in [6.45, 7) is 1.34. The maximum atomic E-state index is 14.0. The first kappa shape index (κ1) is 21.9.